The molecule has 0 saturated carbocycles. The van der Waals surface area contributed by atoms with Gasteiger partial charge in [0.2, 0.25) is 0 Å². The van der Waals surface area contributed by atoms with Crippen molar-refractivity contribution in [3.63, 3.8) is 0 Å². The molecule has 2 aromatic rings. The summed E-state index contributed by atoms with van der Waals surface area (Å²) in [6, 6.07) is 14.0. The summed E-state index contributed by atoms with van der Waals surface area (Å²) in [4.78, 5) is 15.1. The smallest absolute Gasteiger partial charge is 0.251 e. The Kier molecular flexibility index (Phi) is 5.71. The SMILES string of the molecule is O=C(N[C@H]1C[C@H]2CO[C@@H](CCO)CN2C1)c1cccc(-c2cccc(F)c2)c1. The topological polar surface area (TPSA) is 61.8 Å². The van der Waals surface area contributed by atoms with E-state index < -0.39 is 0 Å². The molecule has 2 aliphatic heterocycles. The van der Waals surface area contributed by atoms with Crippen LogP contribution in [0.25, 0.3) is 11.1 Å². The van der Waals surface area contributed by atoms with E-state index >= 15 is 0 Å². The van der Waals surface area contributed by atoms with Crippen LogP contribution in [0.2, 0.25) is 0 Å². The van der Waals surface area contributed by atoms with Gasteiger partial charge in [-0.25, -0.2) is 4.39 Å². The molecule has 2 aromatic carbocycles. The average molecular weight is 384 g/mol. The van der Waals surface area contributed by atoms with Gasteiger partial charge in [-0.2, -0.15) is 0 Å². The monoisotopic (exact) mass is 384 g/mol. The number of carbonyl (C=O) groups is 1. The minimum atomic E-state index is -0.295. The number of hydrogen-bond donors (Lipinski definition) is 2. The van der Waals surface area contributed by atoms with Crippen molar-refractivity contribution in [1.29, 1.82) is 0 Å². The lowest BCUT2D eigenvalue weighted by Gasteiger charge is -2.34. The van der Waals surface area contributed by atoms with Gasteiger partial charge in [0.05, 0.1) is 12.7 Å². The first-order valence-electron chi connectivity index (χ1n) is 9.76. The van der Waals surface area contributed by atoms with E-state index in [1.165, 1.54) is 12.1 Å². The first kappa shape index (κ1) is 19.1. The fourth-order valence-electron chi connectivity index (χ4n) is 4.14. The van der Waals surface area contributed by atoms with Gasteiger partial charge in [-0.1, -0.05) is 24.3 Å². The van der Waals surface area contributed by atoms with Crippen LogP contribution < -0.4 is 5.32 Å². The number of carbonyl (C=O) groups excluding carboxylic acids is 1. The summed E-state index contributed by atoms with van der Waals surface area (Å²) < 4.78 is 19.3. The van der Waals surface area contributed by atoms with E-state index in [0.717, 1.165) is 30.6 Å². The van der Waals surface area contributed by atoms with Crippen LogP contribution >= 0.6 is 0 Å². The van der Waals surface area contributed by atoms with Crippen LogP contribution in [0.4, 0.5) is 4.39 Å². The molecule has 28 heavy (non-hydrogen) atoms. The lowest BCUT2D eigenvalue weighted by Crippen LogP contribution is -2.46. The number of nitrogens with one attached hydrogen (secondary N) is 1. The lowest BCUT2D eigenvalue weighted by molar-refractivity contribution is -0.0566. The molecular formula is C22H25FN2O3. The largest absolute Gasteiger partial charge is 0.396 e. The van der Waals surface area contributed by atoms with Crippen molar-refractivity contribution in [2.45, 2.75) is 31.0 Å². The average Bonchev–Trinajstić information content (AvgIpc) is 3.10. The predicted octanol–water partition coefficient (Wildman–Crippen LogP) is 2.45. The second-order valence-corrected chi connectivity index (χ2v) is 7.57. The Balaban J connectivity index is 1.40. The number of rotatable bonds is 5. The summed E-state index contributed by atoms with van der Waals surface area (Å²) in [6.45, 7) is 2.37. The van der Waals surface area contributed by atoms with Crippen molar-refractivity contribution in [2.75, 3.05) is 26.3 Å². The molecule has 0 radical (unpaired) electrons. The summed E-state index contributed by atoms with van der Waals surface area (Å²) in [5.74, 6) is -0.410. The zero-order chi connectivity index (χ0) is 19.5. The molecule has 6 heteroatoms. The quantitative estimate of drug-likeness (QED) is 0.831. The minimum absolute atomic E-state index is 0.0682. The molecule has 0 bridgehead atoms. The van der Waals surface area contributed by atoms with Crippen molar-refractivity contribution in [1.82, 2.24) is 10.2 Å². The van der Waals surface area contributed by atoms with Crippen LogP contribution in [-0.2, 0) is 4.74 Å². The molecule has 3 atom stereocenters. The molecule has 4 rings (SSSR count). The zero-order valence-electron chi connectivity index (χ0n) is 15.7. The highest BCUT2D eigenvalue weighted by Crippen LogP contribution is 2.25. The number of fused-ring (bicyclic) bond motifs is 1. The number of nitrogens with zero attached hydrogens (tertiary/aromatic N) is 1. The molecule has 2 fully saturated rings. The van der Waals surface area contributed by atoms with Crippen molar-refractivity contribution >= 4 is 5.91 Å². The van der Waals surface area contributed by atoms with E-state index in [9.17, 15) is 9.18 Å². The number of benzene rings is 2. The number of hydrogen-bond acceptors (Lipinski definition) is 4. The maximum Gasteiger partial charge on any atom is 0.251 e. The minimum Gasteiger partial charge on any atom is -0.396 e. The molecule has 0 spiro atoms. The Morgan fingerprint density at radius 2 is 1.96 bits per heavy atom. The predicted molar refractivity (Wildman–Crippen MR) is 105 cm³/mol. The summed E-state index contributed by atoms with van der Waals surface area (Å²) in [5.41, 5.74) is 2.14. The Hall–Kier alpha value is -2.28. The van der Waals surface area contributed by atoms with Crippen LogP contribution in [0.3, 0.4) is 0 Å². The third kappa shape index (κ3) is 4.24. The molecule has 148 valence electrons. The zero-order valence-corrected chi connectivity index (χ0v) is 15.7. The normalized spacial score (nSPS) is 24.7. The van der Waals surface area contributed by atoms with E-state index in [-0.39, 0.29) is 30.5 Å². The molecular weight excluding hydrogens is 359 g/mol. The van der Waals surface area contributed by atoms with E-state index in [2.05, 4.69) is 10.2 Å². The maximum atomic E-state index is 13.5. The van der Waals surface area contributed by atoms with Crippen LogP contribution in [-0.4, -0.2) is 60.4 Å². The number of aliphatic hydroxyl groups is 1. The van der Waals surface area contributed by atoms with Crippen molar-refractivity contribution in [3.05, 3.63) is 59.9 Å². The first-order chi connectivity index (χ1) is 13.6. The highest BCUT2D eigenvalue weighted by molar-refractivity contribution is 5.95. The molecule has 0 aromatic heterocycles. The highest BCUT2D eigenvalue weighted by atomic mass is 19.1. The van der Waals surface area contributed by atoms with Gasteiger partial charge in [-0.05, 0) is 48.2 Å². The maximum absolute atomic E-state index is 13.5. The number of halogens is 1. The molecule has 5 nitrogen and oxygen atoms in total. The molecule has 1 amide bonds. The van der Waals surface area contributed by atoms with Gasteiger partial charge >= 0.3 is 0 Å². The van der Waals surface area contributed by atoms with Crippen molar-refractivity contribution in [3.8, 4) is 11.1 Å². The highest BCUT2D eigenvalue weighted by Gasteiger charge is 2.37. The van der Waals surface area contributed by atoms with Gasteiger partial charge in [0, 0.05) is 37.3 Å². The summed E-state index contributed by atoms with van der Waals surface area (Å²) in [5, 5.41) is 12.2. The van der Waals surface area contributed by atoms with Gasteiger partial charge in [0.25, 0.3) is 5.91 Å². The van der Waals surface area contributed by atoms with Crippen LogP contribution in [0, 0.1) is 5.82 Å². The molecule has 0 unspecified atom stereocenters. The summed E-state index contributed by atoms with van der Waals surface area (Å²) in [6.07, 6.45) is 1.58. The molecule has 2 aliphatic rings. The summed E-state index contributed by atoms with van der Waals surface area (Å²) >= 11 is 0. The Labute approximate surface area is 164 Å². The standard InChI is InChI=1S/C22H25FN2O3/c23-18-6-2-4-16(10-18)15-3-1-5-17(9-15)22(27)24-19-11-20-14-28-21(7-8-26)13-25(20)12-19/h1-6,9-10,19-21,26H,7-8,11-14H2,(H,24,27)/t19-,20-,21-/m0/s1. The fourth-order valence-corrected chi connectivity index (χ4v) is 4.14. The van der Waals surface area contributed by atoms with Gasteiger partial charge in [0.1, 0.15) is 5.82 Å². The Morgan fingerprint density at radius 1 is 1.18 bits per heavy atom. The van der Waals surface area contributed by atoms with Crippen molar-refractivity contribution < 1.29 is 19.0 Å². The fraction of sp³-hybridized carbons (Fsp3) is 0.409. The molecule has 0 aliphatic carbocycles. The number of ether oxygens (including phenoxy) is 1. The third-order valence-corrected chi connectivity index (χ3v) is 5.56. The second-order valence-electron chi connectivity index (χ2n) is 7.57. The first-order valence-corrected chi connectivity index (χ1v) is 9.76. The van der Waals surface area contributed by atoms with E-state index in [1.807, 2.05) is 18.2 Å². The van der Waals surface area contributed by atoms with Crippen molar-refractivity contribution in [2.24, 2.45) is 0 Å². The molecule has 2 N–H and O–H groups in total. The summed E-state index contributed by atoms with van der Waals surface area (Å²) in [7, 11) is 0. The van der Waals surface area contributed by atoms with Gasteiger partial charge < -0.3 is 15.2 Å². The van der Waals surface area contributed by atoms with E-state index in [1.54, 1.807) is 18.2 Å². The van der Waals surface area contributed by atoms with Gasteiger partial charge in [-0.15, -0.1) is 0 Å². The number of morpholine rings is 1. The van der Waals surface area contributed by atoms with Crippen LogP contribution in [0.15, 0.2) is 48.5 Å². The van der Waals surface area contributed by atoms with Gasteiger partial charge in [0.15, 0.2) is 0 Å². The van der Waals surface area contributed by atoms with E-state index in [0.29, 0.717) is 24.6 Å². The Bertz CT molecular complexity index is 844. The molecule has 2 heterocycles. The van der Waals surface area contributed by atoms with Gasteiger partial charge in [-0.3, -0.25) is 9.69 Å². The Morgan fingerprint density at radius 3 is 2.75 bits per heavy atom. The third-order valence-electron chi connectivity index (χ3n) is 5.56. The van der Waals surface area contributed by atoms with Crippen LogP contribution in [0.5, 0.6) is 0 Å². The molecule has 2 saturated heterocycles. The number of amides is 1. The second kappa shape index (κ2) is 8.39. The van der Waals surface area contributed by atoms with E-state index in [4.69, 9.17) is 9.84 Å². The van der Waals surface area contributed by atoms with Crippen LogP contribution in [0.1, 0.15) is 23.2 Å². The number of aliphatic hydroxyl groups excluding tert-OH is 1. The lowest BCUT2D eigenvalue weighted by atomic mass is 10.0.